The molecule has 1 N–H and O–H groups in total. The number of hydrogen-bond acceptors (Lipinski definition) is 1. The smallest absolute Gasteiger partial charge is 0.00722 e. The minimum absolute atomic E-state index is 0.612. The molecule has 0 aliphatic heterocycles. The first-order chi connectivity index (χ1) is 7.05. The van der Waals surface area contributed by atoms with E-state index in [9.17, 15) is 0 Å². The molecule has 2 aliphatic rings. The van der Waals surface area contributed by atoms with E-state index in [1.54, 1.807) is 0 Å². The molecule has 2 saturated carbocycles. The summed E-state index contributed by atoms with van der Waals surface area (Å²) in [6.45, 7) is 7.23. The molecule has 0 aromatic rings. The molecule has 15 heavy (non-hydrogen) atoms. The highest BCUT2D eigenvalue weighted by Crippen LogP contribution is 2.36. The van der Waals surface area contributed by atoms with Crippen molar-refractivity contribution in [2.75, 3.05) is 0 Å². The van der Waals surface area contributed by atoms with Crippen molar-refractivity contribution in [2.24, 2.45) is 11.3 Å². The predicted molar refractivity (Wildman–Crippen MR) is 66.0 cm³/mol. The Morgan fingerprint density at radius 2 is 1.60 bits per heavy atom. The van der Waals surface area contributed by atoms with Gasteiger partial charge in [-0.2, -0.15) is 0 Å². The Kier molecular flexibility index (Phi) is 3.39. The lowest BCUT2D eigenvalue weighted by Crippen LogP contribution is -2.40. The Labute approximate surface area is 95.0 Å². The summed E-state index contributed by atoms with van der Waals surface area (Å²) < 4.78 is 0. The van der Waals surface area contributed by atoms with E-state index >= 15 is 0 Å². The molecule has 2 atom stereocenters. The van der Waals surface area contributed by atoms with Crippen molar-refractivity contribution in [1.82, 2.24) is 5.32 Å². The van der Waals surface area contributed by atoms with Crippen LogP contribution >= 0.6 is 0 Å². The maximum absolute atomic E-state index is 3.89. The Bertz CT molecular complexity index is 199. The second-order valence-electron chi connectivity index (χ2n) is 6.72. The van der Waals surface area contributed by atoms with Gasteiger partial charge in [0.05, 0.1) is 0 Å². The van der Waals surface area contributed by atoms with Gasteiger partial charge in [0.15, 0.2) is 0 Å². The van der Waals surface area contributed by atoms with Crippen LogP contribution in [0.15, 0.2) is 0 Å². The zero-order valence-corrected chi connectivity index (χ0v) is 10.7. The third kappa shape index (κ3) is 3.21. The predicted octanol–water partition coefficient (Wildman–Crippen LogP) is 3.73. The SMILES string of the molecule is CC1CCC(NC2CCC(C)(C)CC2)C1. The minimum Gasteiger partial charge on any atom is -0.311 e. The van der Waals surface area contributed by atoms with Crippen molar-refractivity contribution in [3.05, 3.63) is 0 Å². The molecule has 2 unspecified atom stereocenters. The second kappa shape index (κ2) is 4.45. The topological polar surface area (TPSA) is 12.0 Å². The summed E-state index contributed by atoms with van der Waals surface area (Å²) >= 11 is 0. The first-order valence-electron chi connectivity index (χ1n) is 6.81. The van der Waals surface area contributed by atoms with Gasteiger partial charge in [-0.3, -0.25) is 0 Å². The van der Waals surface area contributed by atoms with Crippen LogP contribution in [-0.4, -0.2) is 12.1 Å². The van der Waals surface area contributed by atoms with E-state index in [1.807, 2.05) is 0 Å². The molecule has 2 aliphatic carbocycles. The molecule has 2 fully saturated rings. The van der Waals surface area contributed by atoms with Crippen LogP contribution in [0.25, 0.3) is 0 Å². The molecular formula is C14H27N. The Balaban J connectivity index is 1.73. The van der Waals surface area contributed by atoms with E-state index < -0.39 is 0 Å². The van der Waals surface area contributed by atoms with E-state index in [0.29, 0.717) is 5.41 Å². The first kappa shape index (κ1) is 11.4. The number of hydrogen-bond donors (Lipinski definition) is 1. The van der Waals surface area contributed by atoms with Gasteiger partial charge in [-0.1, -0.05) is 20.8 Å². The third-order valence-corrected chi connectivity index (χ3v) is 4.51. The average Bonchev–Trinajstić information content (AvgIpc) is 2.55. The van der Waals surface area contributed by atoms with Gasteiger partial charge in [-0.05, 0) is 56.3 Å². The monoisotopic (exact) mass is 209 g/mol. The molecular weight excluding hydrogens is 182 g/mol. The van der Waals surface area contributed by atoms with Gasteiger partial charge in [0.1, 0.15) is 0 Å². The van der Waals surface area contributed by atoms with Crippen LogP contribution in [0.2, 0.25) is 0 Å². The molecule has 0 aromatic heterocycles. The zero-order valence-electron chi connectivity index (χ0n) is 10.7. The minimum atomic E-state index is 0.612. The highest BCUT2D eigenvalue weighted by molar-refractivity contribution is 4.86. The van der Waals surface area contributed by atoms with Crippen molar-refractivity contribution in [3.63, 3.8) is 0 Å². The lowest BCUT2D eigenvalue weighted by Gasteiger charge is -2.36. The van der Waals surface area contributed by atoms with Crippen LogP contribution in [0, 0.1) is 11.3 Å². The fourth-order valence-electron chi connectivity index (χ4n) is 3.26. The van der Waals surface area contributed by atoms with Gasteiger partial charge < -0.3 is 5.32 Å². The Hall–Kier alpha value is -0.0400. The van der Waals surface area contributed by atoms with Crippen LogP contribution in [0.4, 0.5) is 0 Å². The van der Waals surface area contributed by atoms with Crippen LogP contribution in [0.1, 0.15) is 65.7 Å². The van der Waals surface area contributed by atoms with E-state index in [2.05, 4.69) is 26.1 Å². The van der Waals surface area contributed by atoms with E-state index in [0.717, 1.165) is 18.0 Å². The van der Waals surface area contributed by atoms with Gasteiger partial charge in [-0.15, -0.1) is 0 Å². The molecule has 2 rings (SSSR count). The normalized spacial score (nSPS) is 37.0. The molecule has 0 bridgehead atoms. The number of nitrogens with one attached hydrogen (secondary N) is 1. The van der Waals surface area contributed by atoms with E-state index in [-0.39, 0.29) is 0 Å². The fraction of sp³-hybridized carbons (Fsp3) is 1.00. The van der Waals surface area contributed by atoms with Gasteiger partial charge in [0, 0.05) is 12.1 Å². The quantitative estimate of drug-likeness (QED) is 0.730. The maximum atomic E-state index is 3.89. The van der Waals surface area contributed by atoms with Crippen molar-refractivity contribution in [2.45, 2.75) is 77.8 Å². The standard InChI is InChI=1S/C14H27N/c1-11-4-5-13(10-11)15-12-6-8-14(2,3)9-7-12/h11-13,15H,4-10H2,1-3H3. The Morgan fingerprint density at radius 3 is 2.13 bits per heavy atom. The second-order valence-corrected chi connectivity index (χ2v) is 6.72. The van der Waals surface area contributed by atoms with Gasteiger partial charge in [-0.25, -0.2) is 0 Å². The maximum Gasteiger partial charge on any atom is 0.00722 e. The van der Waals surface area contributed by atoms with Crippen molar-refractivity contribution < 1.29 is 0 Å². The van der Waals surface area contributed by atoms with Gasteiger partial charge in [0.25, 0.3) is 0 Å². The van der Waals surface area contributed by atoms with Crippen molar-refractivity contribution in [1.29, 1.82) is 0 Å². The zero-order chi connectivity index (χ0) is 10.9. The molecule has 0 radical (unpaired) electrons. The molecule has 0 spiro atoms. The first-order valence-corrected chi connectivity index (χ1v) is 6.81. The highest BCUT2D eigenvalue weighted by atomic mass is 15.0. The van der Waals surface area contributed by atoms with Crippen LogP contribution in [0.3, 0.4) is 0 Å². The van der Waals surface area contributed by atoms with Gasteiger partial charge >= 0.3 is 0 Å². The summed E-state index contributed by atoms with van der Waals surface area (Å²) in [5.41, 5.74) is 0.612. The van der Waals surface area contributed by atoms with Crippen LogP contribution in [-0.2, 0) is 0 Å². The van der Waals surface area contributed by atoms with Crippen molar-refractivity contribution >= 4 is 0 Å². The molecule has 0 aromatic carbocycles. The highest BCUT2D eigenvalue weighted by Gasteiger charge is 2.29. The van der Waals surface area contributed by atoms with E-state index in [4.69, 9.17) is 0 Å². The summed E-state index contributed by atoms with van der Waals surface area (Å²) in [5.74, 6) is 0.961. The summed E-state index contributed by atoms with van der Waals surface area (Å²) in [6, 6.07) is 1.67. The largest absolute Gasteiger partial charge is 0.311 e. The summed E-state index contributed by atoms with van der Waals surface area (Å²) in [4.78, 5) is 0. The van der Waals surface area contributed by atoms with E-state index in [1.165, 1.54) is 44.9 Å². The average molecular weight is 209 g/mol. The fourth-order valence-corrected chi connectivity index (χ4v) is 3.26. The Morgan fingerprint density at radius 1 is 0.933 bits per heavy atom. The summed E-state index contributed by atoms with van der Waals surface area (Å²) in [6.07, 6.45) is 9.90. The molecule has 1 nitrogen and oxygen atoms in total. The molecule has 0 amide bonds. The van der Waals surface area contributed by atoms with Crippen LogP contribution in [0.5, 0.6) is 0 Å². The lowest BCUT2D eigenvalue weighted by molar-refractivity contribution is 0.197. The van der Waals surface area contributed by atoms with Crippen molar-refractivity contribution in [3.8, 4) is 0 Å². The molecule has 0 heterocycles. The molecule has 0 saturated heterocycles. The van der Waals surface area contributed by atoms with Crippen LogP contribution < -0.4 is 5.32 Å². The third-order valence-electron chi connectivity index (χ3n) is 4.51. The number of rotatable bonds is 2. The molecule has 88 valence electrons. The van der Waals surface area contributed by atoms with Gasteiger partial charge in [0.2, 0.25) is 0 Å². The molecule has 1 heteroatoms. The summed E-state index contributed by atoms with van der Waals surface area (Å²) in [7, 11) is 0. The lowest BCUT2D eigenvalue weighted by atomic mass is 9.75. The summed E-state index contributed by atoms with van der Waals surface area (Å²) in [5, 5.41) is 3.89.